The Hall–Kier alpha value is -1.84. The number of hydrogen-bond acceptors (Lipinski definition) is 3. The lowest BCUT2D eigenvalue weighted by Gasteiger charge is -2.24. The summed E-state index contributed by atoms with van der Waals surface area (Å²) < 4.78 is 5.17. The highest BCUT2D eigenvalue weighted by atomic mass is 16.5. The Morgan fingerprint density at radius 2 is 1.76 bits per heavy atom. The SMILES string of the molecule is COc1ccc(C(CN)C(O)c2ccc(C)cc2C)cc1. The maximum Gasteiger partial charge on any atom is 0.118 e. The molecule has 2 unspecified atom stereocenters. The number of aliphatic hydroxyl groups is 1. The smallest absolute Gasteiger partial charge is 0.118 e. The van der Waals surface area contributed by atoms with Crippen LogP contribution in [0.5, 0.6) is 5.75 Å². The predicted octanol–water partition coefficient (Wildman–Crippen LogP) is 3.09. The van der Waals surface area contributed by atoms with Crippen LogP contribution in [0.1, 0.15) is 34.3 Å². The first-order valence-electron chi connectivity index (χ1n) is 7.16. The van der Waals surface area contributed by atoms with Crippen LogP contribution in [-0.4, -0.2) is 18.8 Å². The Labute approximate surface area is 126 Å². The first kappa shape index (κ1) is 15.5. The van der Waals surface area contributed by atoms with Gasteiger partial charge in [0.15, 0.2) is 0 Å². The van der Waals surface area contributed by atoms with Crippen molar-refractivity contribution in [1.82, 2.24) is 0 Å². The second kappa shape index (κ2) is 6.74. The molecule has 112 valence electrons. The van der Waals surface area contributed by atoms with Crippen molar-refractivity contribution in [2.24, 2.45) is 5.73 Å². The second-order valence-electron chi connectivity index (χ2n) is 5.42. The van der Waals surface area contributed by atoms with E-state index in [0.29, 0.717) is 6.54 Å². The Morgan fingerprint density at radius 1 is 1.10 bits per heavy atom. The molecule has 0 radical (unpaired) electrons. The standard InChI is InChI=1S/C18H23NO2/c1-12-4-9-16(13(2)10-12)18(20)17(11-19)14-5-7-15(21-3)8-6-14/h4-10,17-18,20H,11,19H2,1-3H3. The van der Waals surface area contributed by atoms with Crippen LogP contribution >= 0.6 is 0 Å². The monoisotopic (exact) mass is 285 g/mol. The van der Waals surface area contributed by atoms with E-state index in [2.05, 4.69) is 6.07 Å². The van der Waals surface area contributed by atoms with Crippen molar-refractivity contribution < 1.29 is 9.84 Å². The summed E-state index contributed by atoms with van der Waals surface area (Å²) in [5, 5.41) is 10.7. The molecule has 3 nitrogen and oxygen atoms in total. The summed E-state index contributed by atoms with van der Waals surface area (Å²) in [6.07, 6.45) is -0.607. The molecule has 0 aromatic heterocycles. The fourth-order valence-electron chi connectivity index (χ4n) is 2.67. The number of hydrogen-bond donors (Lipinski definition) is 2. The van der Waals surface area contributed by atoms with E-state index in [1.807, 2.05) is 50.2 Å². The van der Waals surface area contributed by atoms with Crippen LogP contribution in [0.4, 0.5) is 0 Å². The van der Waals surface area contributed by atoms with Gasteiger partial charge in [-0.25, -0.2) is 0 Å². The van der Waals surface area contributed by atoms with E-state index in [4.69, 9.17) is 10.5 Å². The quantitative estimate of drug-likeness (QED) is 0.887. The van der Waals surface area contributed by atoms with E-state index in [9.17, 15) is 5.11 Å². The summed E-state index contributed by atoms with van der Waals surface area (Å²) in [7, 11) is 1.64. The number of nitrogens with two attached hydrogens (primary N) is 1. The normalized spacial score (nSPS) is 13.8. The third kappa shape index (κ3) is 3.43. The number of aliphatic hydroxyl groups excluding tert-OH is 1. The molecule has 0 aliphatic rings. The molecular weight excluding hydrogens is 262 g/mol. The van der Waals surface area contributed by atoms with Gasteiger partial charge in [-0.3, -0.25) is 0 Å². The van der Waals surface area contributed by atoms with E-state index >= 15 is 0 Å². The van der Waals surface area contributed by atoms with Gasteiger partial charge >= 0.3 is 0 Å². The van der Waals surface area contributed by atoms with E-state index in [1.165, 1.54) is 5.56 Å². The van der Waals surface area contributed by atoms with E-state index < -0.39 is 6.10 Å². The molecular formula is C18H23NO2. The highest BCUT2D eigenvalue weighted by molar-refractivity contribution is 5.36. The number of ether oxygens (including phenoxy) is 1. The van der Waals surface area contributed by atoms with Crippen molar-refractivity contribution in [3.05, 3.63) is 64.7 Å². The van der Waals surface area contributed by atoms with Crippen molar-refractivity contribution in [2.75, 3.05) is 13.7 Å². The molecule has 2 rings (SSSR count). The summed E-state index contributed by atoms with van der Waals surface area (Å²) in [5.41, 5.74) is 10.1. The molecule has 0 saturated heterocycles. The highest BCUT2D eigenvalue weighted by Crippen LogP contribution is 2.32. The zero-order chi connectivity index (χ0) is 15.4. The number of rotatable bonds is 5. The zero-order valence-electron chi connectivity index (χ0n) is 12.8. The maximum atomic E-state index is 10.7. The molecule has 2 aromatic carbocycles. The fraction of sp³-hybridized carbons (Fsp3) is 0.333. The molecule has 0 amide bonds. The first-order chi connectivity index (χ1) is 10.1. The molecule has 0 heterocycles. The number of benzene rings is 2. The third-order valence-corrected chi connectivity index (χ3v) is 3.92. The van der Waals surface area contributed by atoms with Gasteiger partial charge in [0.1, 0.15) is 5.75 Å². The third-order valence-electron chi connectivity index (χ3n) is 3.92. The summed E-state index contributed by atoms with van der Waals surface area (Å²) in [5.74, 6) is 0.674. The molecule has 3 heteroatoms. The minimum absolute atomic E-state index is 0.127. The van der Waals surface area contributed by atoms with Gasteiger partial charge in [-0.15, -0.1) is 0 Å². The van der Waals surface area contributed by atoms with Gasteiger partial charge in [-0.1, -0.05) is 35.9 Å². The first-order valence-corrected chi connectivity index (χ1v) is 7.16. The Morgan fingerprint density at radius 3 is 2.29 bits per heavy atom. The van der Waals surface area contributed by atoms with Gasteiger partial charge in [0.2, 0.25) is 0 Å². The Balaban J connectivity index is 2.30. The predicted molar refractivity (Wildman–Crippen MR) is 85.7 cm³/mol. The maximum absolute atomic E-state index is 10.7. The van der Waals surface area contributed by atoms with Crippen molar-refractivity contribution in [3.63, 3.8) is 0 Å². The minimum Gasteiger partial charge on any atom is -0.497 e. The van der Waals surface area contributed by atoms with Gasteiger partial charge in [-0.2, -0.15) is 0 Å². The average molecular weight is 285 g/mol. The van der Waals surface area contributed by atoms with Crippen LogP contribution in [-0.2, 0) is 0 Å². The van der Waals surface area contributed by atoms with Gasteiger partial charge < -0.3 is 15.6 Å². The number of methoxy groups -OCH3 is 1. The molecule has 21 heavy (non-hydrogen) atoms. The van der Waals surface area contributed by atoms with Crippen LogP contribution in [0.2, 0.25) is 0 Å². The van der Waals surface area contributed by atoms with Crippen molar-refractivity contribution >= 4 is 0 Å². The number of aryl methyl sites for hydroxylation is 2. The molecule has 0 aliphatic carbocycles. The molecule has 0 aliphatic heterocycles. The fourth-order valence-corrected chi connectivity index (χ4v) is 2.67. The lowest BCUT2D eigenvalue weighted by molar-refractivity contribution is 0.146. The lowest BCUT2D eigenvalue weighted by Crippen LogP contribution is -2.20. The van der Waals surface area contributed by atoms with Crippen LogP contribution in [0.3, 0.4) is 0 Å². The molecule has 2 atom stereocenters. The van der Waals surface area contributed by atoms with Crippen LogP contribution in [0.15, 0.2) is 42.5 Å². The second-order valence-corrected chi connectivity index (χ2v) is 5.42. The molecule has 0 spiro atoms. The Bertz CT molecular complexity index is 593. The summed E-state index contributed by atoms with van der Waals surface area (Å²) in [6, 6.07) is 13.8. The summed E-state index contributed by atoms with van der Waals surface area (Å²) >= 11 is 0. The zero-order valence-corrected chi connectivity index (χ0v) is 12.8. The molecule has 3 N–H and O–H groups in total. The van der Waals surface area contributed by atoms with Crippen molar-refractivity contribution in [2.45, 2.75) is 25.9 Å². The van der Waals surface area contributed by atoms with Gasteiger partial charge in [-0.05, 0) is 42.7 Å². The van der Waals surface area contributed by atoms with Crippen LogP contribution < -0.4 is 10.5 Å². The van der Waals surface area contributed by atoms with E-state index in [-0.39, 0.29) is 5.92 Å². The van der Waals surface area contributed by atoms with E-state index in [0.717, 1.165) is 22.4 Å². The average Bonchev–Trinajstić information content (AvgIpc) is 2.48. The van der Waals surface area contributed by atoms with Gasteiger partial charge in [0.05, 0.1) is 13.2 Å². The molecule has 2 aromatic rings. The minimum atomic E-state index is -0.607. The summed E-state index contributed by atoms with van der Waals surface area (Å²) in [6.45, 7) is 4.46. The van der Waals surface area contributed by atoms with Crippen molar-refractivity contribution in [1.29, 1.82) is 0 Å². The molecule has 0 bridgehead atoms. The molecule has 0 saturated carbocycles. The highest BCUT2D eigenvalue weighted by Gasteiger charge is 2.22. The molecule has 0 fully saturated rings. The Kier molecular flexibility index (Phi) is 4.99. The van der Waals surface area contributed by atoms with Crippen molar-refractivity contribution in [3.8, 4) is 5.75 Å². The largest absolute Gasteiger partial charge is 0.497 e. The van der Waals surface area contributed by atoms with Crippen LogP contribution in [0, 0.1) is 13.8 Å². The van der Waals surface area contributed by atoms with E-state index in [1.54, 1.807) is 7.11 Å². The van der Waals surface area contributed by atoms with Crippen LogP contribution in [0.25, 0.3) is 0 Å². The topological polar surface area (TPSA) is 55.5 Å². The van der Waals surface area contributed by atoms with Gasteiger partial charge in [0.25, 0.3) is 0 Å². The summed E-state index contributed by atoms with van der Waals surface area (Å²) in [4.78, 5) is 0. The lowest BCUT2D eigenvalue weighted by atomic mass is 9.87. The van der Waals surface area contributed by atoms with Gasteiger partial charge in [0, 0.05) is 12.5 Å².